The predicted octanol–water partition coefficient (Wildman–Crippen LogP) is 4.69. The fraction of sp³-hybridized carbons (Fsp3) is 0.348. The molecule has 0 aliphatic carbocycles. The number of ether oxygens (including phenoxy) is 1. The zero-order valence-corrected chi connectivity index (χ0v) is 19.2. The van der Waals surface area contributed by atoms with Gasteiger partial charge in [0.25, 0.3) is 0 Å². The lowest BCUT2D eigenvalue weighted by Crippen LogP contribution is -2.17. The topological polar surface area (TPSA) is 75.4 Å². The highest BCUT2D eigenvalue weighted by atomic mass is 32.2. The van der Waals surface area contributed by atoms with Crippen molar-refractivity contribution in [3.63, 3.8) is 0 Å². The van der Waals surface area contributed by atoms with Crippen molar-refractivity contribution in [1.82, 2.24) is 14.8 Å². The van der Waals surface area contributed by atoms with E-state index in [0.717, 1.165) is 12.1 Å². The lowest BCUT2D eigenvalue weighted by Gasteiger charge is -2.19. The number of fused-ring (bicyclic) bond motifs is 3. The molecule has 0 spiro atoms. The minimum Gasteiger partial charge on any atom is -0.611 e. The zero-order valence-electron chi connectivity index (χ0n) is 18.4. The number of alkyl halides is 3. The molecule has 10 heteroatoms. The van der Waals surface area contributed by atoms with Crippen LogP contribution in [0.4, 0.5) is 13.2 Å². The van der Waals surface area contributed by atoms with Gasteiger partial charge in [-0.2, -0.15) is 13.2 Å². The maximum absolute atomic E-state index is 13.1. The standard InChI is InChI=1S/C23H23F3N4O2S/c1-4-33(31)18-7-5-6-17-21(18)22(15-8-10-16(11-9-15)23(24,25)26)27-12-19-28-29-20(30(17)19)13-32-14(2)3/h5-11,14H,4,12-13H2,1-3H3. The second-order valence-corrected chi connectivity index (χ2v) is 9.46. The molecule has 33 heavy (non-hydrogen) atoms. The first-order valence-electron chi connectivity index (χ1n) is 10.5. The number of benzene rings is 2. The van der Waals surface area contributed by atoms with E-state index >= 15 is 0 Å². The van der Waals surface area contributed by atoms with Crippen LogP contribution in [-0.2, 0) is 35.2 Å². The molecular formula is C23H23F3N4O2S. The van der Waals surface area contributed by atoms with Crippen LogP contribution in [-0.4, -0.2) is 36.9 Å². The van der Waals surface area contributed by atoms with Crippen molar-refractivity contribution in [3.8, 4) is 5.69 Å². The number of rotatable bonds is 6. The molecule has 0 amide bonds. The minimum atomic E-state index is -4.43. The van der Waals surface area contributed by atoms with Gasteiger partial charge in [-0.05, 0) is 56.2 Å². The van der Waals surface area contributed by atoms with Gasteiger partial charge in [0, 0.05) is 5.56 Å². The fourth-order valence-electron chi connectivity index (χ4n) is 3.64. The predicted molar refractivity (Wildman–Crippen MR) is 119 cm³/mol. The van der Waals surface area contributed by atoms with Crippen LogP contribution >= 0.6 is 0 Å². The lowest BCUT2D eigenvalue weighted by atomic mass is 9.99. The molecule has 0 saturated carbocycles. The van der Waals surface area contributed by atoms with Crippen LogP contribution in [0, 0.1) is 0 Å². The number of hydrogen-bond acceptors (Lipinski definition) is 5. The third kappa shape index (κ3) is 4.68. The lowest BCUT2D eigenvalue weighted by molar-refractivity contribution is -0.137. The summed E-state index contributed by atoms with van der Waals surface area (Å²) in [4.78, 5) is 5.25. The minimum absolute atomic E-state index is 0.0129. The molecule has 3 aromatic rings. The molecule has 0 fully saturated rings. The monoisotopic (exact) mass is 476 g/mol. The first-order valence-corrected chi connectivity index (χ1v) is 11.8. The molecule has 1 aliphatic heterocycles. The summed E-state index contributed by atoms with van der Waals surface area (Å²) in [7, 11) is 0. The molecule has 174 valence electrons. The van der Waals surface area contributed by atoms with Crippen LogP contribution in [0.15, 0.2) is 52.4 Å². The number of aromatic nitrogens is 3. The average molecular weight is 477 g/mol. The van der Waals surface area contributed by atoms with Gasteiger partial charge in [0.15, 0.2) is 16.5 Å². The van der Waals surface area contributed by atoms with Crippen molar-refractivity contribution in [3.05, 3.63) is 70.8 Å². The Labute approximate surface area is 192 Å². The summed E-state index contributed by atoms with van der Waals surface area (Å²) in [6.07, 6.45) is -4.45. The Hall–Kier alpha value is -2.69. The van der Waals surface area contributed by atoms with E-state index in [0.29, 0.717) is 44.8 Å². The summed E-state index contributed by atoms with van der Waals surface area (Å²) < 4.78 is 59.8. The van der Waals surface area contributed by atoms with Gasteiger partial charge in [0.2, 0.25) is 0 Å². The maximum atomic E-state index is 13.1. The summed E-state index contributed by atoms with van der Waals surface area (Å²) in [5.74, 6) is 1.53. The van der Waals surface area contributed by atoms with Gasteiger partial charge in [-0.1, -0.05) is 18.2 Å². The Bertz CT molecular complexity index is 1170. The Morgan fingerprint density at radius 2 is 1.85 bits per heavy atom. The Kier molecular flexibility index (Phi) is 6.60. The molecule has 0 N–H and O–H groups in total. The molecule has 1 aromatic heterocycles. The third-order valence-electron chi connectivity index (χ3n) is 5.20. The largest absolute Gasteiger partial charge is 0.611 e. The van der Waals surface area contributed by atoms with Crippen LogP contribution in [0.3, 0.4) is 0 Å². The number of nitrogens with zero attached hydrogens (tertiary/aromatic N) is 4. The highest BCUT2D eigenvalue weighted by Gasteiger charge is 2.32. The average Bonchev–Trinajstić information content (AvgIpc) is 3.11. The molecule has 1 unspecified atom stereocenters. The molecule has 4 rings (SSSR count). The highest BCUT2D eigenvalue weighted by molar-refractivity contribution is 7.91. The van der Waals surface area contributed by atoms with Crippen molar-refractivity contribution in [1.29, 1.82) is 0 Å². The van der Waals surface area contributed by atoms with Gasteiger partial charge in [-0.15, -0.1) is 10.2 Å². The quantitative estimate of drug-likeness (QED) is 0.484. The van der Waals surface area contributed by atoms with Crippen molar-refractivity contribution in [2.75, 3.05) is 5.75 Å². The molecule has 0 bridgehead atoms. The van der Waals surface area contributed by atoms with Crippen LogP contribution < -0.4 is 0 Å². The van der Waals surface area contributed by atoms with Crippen molar-refractivity contribution in [2.24, 2.45) is 4.99 Å². The van der Waals surface area contributed by atoms with E-state index in [1.54, 1.807) is 12.1 Å². The van der Waals surface area contributed by atoms with Gasteiger partial charge in [0.1, 0.15) is 18.9 Å². The second-order valence-electron chi connectivity index (χ2n) is 7.75. The smallest absolute Gasteiger partial charge is 0.416 e. The van der Waals surface area contributed by atoms with E-state index in [9.17, 15) is 17.7 Å². The van der Waals surface area contributed by atoms with Gasteiger partial charge in [0.05, 0.1) is 28.6 Å². The van der Waals surface area contributed by atoms with E-state index in [1.807, 2.05) is 31.4 Å². The first kappa shape index (κ1) is 23.5. The van der Waals surface area contributed by atoms with E-state index in [4.69, 9.17) is 9.73 Å². The Morgan fingerprint density at radius 1 is 1.12 bits per heavy atom. The molecule has 1 atom stereocenters. The highest BCUT2D eigenvalue weighted by Crippen LogP contribution is 2.33. The van der Waals surface area contributed by atoms with Gasteiger partial charge >= 0.3 is 6.18 Å². The van der Waals surface area contributed by atoms with Crippen LogP contribution in [0.2, 0.25) is 0 Å². The maximum Gasteiger partial charge on any atom is 0.416 e. The summed E-state index contributed by atoms with van der Waals surface area (Å²) >= 11 is -1.33. The second kappa shape index (κ2) is 9.28. The van der Waals surface area contributed by atoms with E-state index < -0.39 is 22.9 Å². The molecule has 0 saturated heterocycles. The summed E-state index contributed by atoms with van der Waals surface area (Å²) in [6.45, 7) is 6.04. The van der Waals surface area contributed by atoms with Crippen molar-refractivity contribution in [2.45, 2.75) is 51.1 Å². The SMILES string of the molecule is CC[S+]([O-])c1cccc2c1C(c1ccc(C(F)(F)F)cc1)=NCc1nnc(COC(C)C)n1-2. The first-order chi connectivity index (χ1) is 15.7. The van der Waals surface area contributed by atoms with Crippen LogP contribution in [0.5, 0.6) is 0 Å². The normalized spacial score (nSPS) is 14.5. The number of halogens is 3. The molecule has 2 aromatic carbocycles. The molecule has 1 aliphatic rings. The molecule has 6 nitrogen and oxygen atoms in total. The summed E-state index contributed by atoms with van der Waals surface area (Å²) in [5, 5.41) is 8.52. The van der Waals surface area contributed by atoms with Crippen LogP contribution in [0.25, 0.3) is 5.69 Å². The van der Waals surface area contributed by atoms with E-state index in [2.05, 4.69) is 10.2 Å². The van der Waals surface area contributed by atoms with Gasteiger partial charge in [-0.25, -0.2) is 0 Å². The van der Waals surface area contributed by atoms with Crippen LogP contribution in [0.1, 0.15) is 49.1 Å². The summed E-state index contributed by atoms with van der Waals surface area (Å²) in [5.41, 5.74) is 1.51. The number of hydrogen-bond donors (Lipinski definition) is 0. The fourth-order valence-corrected chi connectivity index (χ4v) is 4.61. The van der Waals surface area contributed by atoms with Gasteiger partial charge < -0.3 is 9.29 Å². The molecular weight excluding hydrogens is 453 g/mol. The molecule has 2 heterocycles. The van der Waals surface area contributed by atoms with Crippen molar-refractivity contribution >= 4 is 16.9 Å². The summed E-state index contributed by atoms with van der Waals surface area (Å²) in [6, 6.07) is 10.3. The van der Waals surface area contributed by atoms with Gasteiger partial charge in [-0.3, -0.25) is 9.56 Å². The Balaban J connectivity index is 1.89. The Morgan fingerprint density at radius 3 is 2.48 bits per heavy atom. The zero-order chi connectivity index (χ0) is 23.8. The van der Waals surface area contributed by atoms with E-state index in [-0.39, 0.29) is 19.3 Å². The van der Waals surface area contributed by atoms with E-state index in [1.165, 1.54) is 12.1 Å². The van der Waals surface area contributed by atoms with Crippen molar-refractivity contribution < 1.29 is 22.5 Å². The third-order valence-corrected chi connectivity index (χ3v) is 6.55. The number of aliphatic imine (C=N–C) groups is 1. The molecule has 0 radical (unpaired) electrons.